The number of phenols is 1. The van der Waals surface area contributed by atoms with Crippen LogP contribution in [0.3, 0.4) is 0 Å². The van der Waals surface area contributed by atoms with Crippen LogP contribution in [-0.4, -0.2) is 15.6 Å². The van der Waals surface area contributed by atoms with E-state index >= 15 is 0 Å². The fourth-order valence-electron chi connectivity index (χ4n) is 2.91. The number of carbonyl (C=O) groups is 1. The first-order valence-corrected chi connectivity index (χ1v) is 9.33. The van der Waals surface area contributed by atoms with E-state index in [9.17, 15) is 9.90 Å². The largest absolute Gasteiger partial charge is 0.508 e. The molecule has 4 rings (SSSR count). The summed E-state index contributed by atoms with van der Waals surface area (Å²) in [7, 11) is 1.89. The van der Waals surface area contributed by atoms with Crippen LogP contribution in [0.25, 0.3) is 10.2 Å². The van der Waals surface area contributed by atoms with E-state index in [1.807, 2.05) is 53.4 Å². The smallest absolute Gasteiger partial charge is 0.272 e. The Morgan fingerprint density at radius 3 is 2.74 bits per heavy atom. The van der Waals surface area contributed by atoms with Gasteiger partial charge in [0.05, 0.1) is 10.2 Å². The Hall–Kier alpha value is -3.25. The molecule has 0 unspecified atom stereocenters. The zero-order valence-electron chi connectivity index (χ0n) is 14.7. The second-order valence-electron chi connectivity index (χ2n) is 6.20. The first-order valence-electron chi connectivity index (χ1n) is 8.45. The summed E-state index contributed by atoms with van der Waals surface area (Å²) in [6.45, 7) is 0.369. The molecule has 0 saturated heterocycles. The molecule has 2 N–H and O–H groups in total. The Morgan fingerprint density at radius 1 is 1.15 bits per heavy atom. The van der Waals surface area contributed by atoms with Gasteiger partial charge in [-0.2, -0.15) is 0 Å². The molecular formula is C21H18N2O3S. The Bertz CT molecular complexity index is 1100. The van der Waals surface area contributed by atoms with Gasteiger partial charge in [-0.15, -0.1) is 11.3 Å². The standard InChI is InChI=1S/C21H18N2O3S/c1-23-18-9-10-27-20(18)12-19(23)21(25)22-15-4-2-3-14(11-15)13-26-17-7-5-16(24)6-8-17/h2-12,24H,13H2,1H3,(H,22,25). The number of rotatable bonds is 5. The van der Waals surface area contributed by atoms with Crippen molar-refractivity contribution in [3.8, 4) is 11.5 Å². The highest BCUT2D eigenvalue weighted by molar-refractivity contribution is 7.17. The summed E-state index contributed by atoms with van der Waals surface area (Å²) in [5.41, 5.74) is 3.34. The zero-order chi connectivity index (χ0) is 18.8. The minimum absolute atomic E-state index is 0.141. The Balaban J connectivity index is 1.45. The number of amides is 1. The SMILES string of the molecule is Cn1c(C(=O)Nc2cccc(COc3ccc(O)cc3)c2)cc2sccc21. The number of carbonyl (C=O) groups excluding carboxylic acids is 1. The molecule has 0 radical (unpaired) electrons. The van der Waals surface area contributed by atoms with Crippen LogP contribution in [0, 0.1) is 0 Å². The monoisotopic (exact) mass is 378 g/mol. The van der Waals surface area contributed by atoms with Crippen LogP contribution in [-0.2, 0) is 13.7 Å². The third-order valence-electron chi connectivity index (χ3n) is 4.32. The quantitative estimate of drug-likeness (QED) is 0.525. The van der Waals surface area contributed by atoms with Gasteiger partial charge in [0.2, 0.25) is 0 Å². The fraction of sp³-hybridized carbons (Fsp3) is 0.0952. The number of nitrogens with one attached hydrogen (secondary N) is 1. The molecule has 0 spiro atoms. The highest BCUT2D eigenvalue weighted by atomic mass is 32.1. The number of phenolic OH excluding ortho intramolecular Hbond substituents is 1. The number of ether oxygens (including phenoxy) is 1. The molecule has 136 valence electrons. The number of aromatic hydroxyl groups is 1. The summed E-state index contributed by atoms with van der Waals surface area (Å²) in [6.07, 6.45) is 0. The molecule has 27 heavy (non-hydrogen) atoms. The second kappa shape index (κ2) is 7.17. The normalized spacial score (nSPS) is 10.9. The molecule has 2 aromatic heterocycles. The summed E-state index contributed by atoms with van der Waals surface area (Å²) < 4.78 is 8.71. The average molecular weight is 378 g/mol. The van der Waals surface area contributed by atoms with Crippen molar-refractivity contribution in [2.45, 2.75) is 6.61 Å². The summed E-state index contributed by atoms with van der Waals surface area (Å²) >= 11 is 1.62. The van der Waals surface area contributed by atoms with E-state index in [0.29, 0.717) is 18.1 Å². The fourth-order valence-corrected chi connectivity index (χ4v) is 3.76. The minimum atomic E-state index is -0.141. The third-order valence-corrected chi connectivity index (χ3v) is 5.18. The summed E-state index contributed by atoms with van der Waals surface area (Å²) in [6, 6.07) is 18.1. The van der Waals surface area contributed by atoms with Crippen molar-refractivity contribution >= 4 is 33.1 Å². The number of thiophene rings is 1. The first-order chi connectivity index (χ1) is 13.1. The molecule has 0 saturated carbocycles. The maximum absolute atomic E-state index is 12.6. The predicted molar refractivity (Wildman–Crippen MR) is 108 cm³/mol. The predicted octanol–water partition coefficient (Wildman–Crippen LogP) is 4.78. The van der Waals surface area contributed by atoms with Gasteiger partial charge in [-0.1, -0.05) is 12.1 Å². The van der Waals surface area contributed by atoms with Crippen LogP contribution in [0.5, 0.6) is 11.5 Å². The van der Waals surface area contributed by atoms with E-state index in [2.05, 4.69) is 5.32 Å². The molecule has 0 atom stereocenters. The van der Waals surface area contributed by atoms with Crippen LogP contribution < -0.4 is 10.1 Å². The Morgan fingerprint density at radius 2 is 1.96 bits per heavy atom. The highest BCUT2D eigenvalue weighted by Gasteiger charge is 2.14. The number of fused-ring (bicyclic) bond motifs is 1. The van der Waals surface area contributed by atoms with Crippen molar-refractivity contribution in [1.29, 1.82) is 0 Å². The number of benzene rings is 2. The van der Waals surface area contributed by atoms with Crippen molar-refractivity contribution in [1.82, 2.24) is 4.57 Å². The maximum atomic E-state index is 12.6. The van der Waals surface area contributed by atoms with Crippen LogP contribution in [0.1, 0.15) is 16.1 Å². The number of anilines is 1. The topological polar surface area (TPSA) is 63.5 Å². The van der Waals surface area contributed by atoms with Crippen molar-refractivity contribution in [3.63, 3.8) is 0 Å². The van der Waals surface area contributed by atoms with E-state index in [1.165, 1.54) is 0 Å². The molecule has 0 bridgehead atoms. The van der Waals surface area contributed by atoms with E-state index in [4.69, 9.17) is 4.74 Å². The summed E-state index contributed by atoms with van der Waals surface area (Å²) in [5, 5.41) is 14.3. The van der Waals surface area contributed by atoms with Gasteiger partial charge in [-0.3, -0.25) is 4.79 Å². The van der Waals surface area contributed by atoms with Crippen LogP contribution in [0.15, 0.2) is 66.0 Å². The number of hydrogen-bond acceptors (Lipinski definition) is 4. The second-order valence-corrected chi connectivity index (χ2v) is 7.14. The average Bonchev–Trinajstić information content (AvgIpc) is 3.25. The number of aryl methyl sites for hydroxylation is 1. The lowest BCUT2D eigenvalue weighted by Gasteiger charge is -2.10. The highest BCUT2D eigenvalue weighted by Crippen LogP contribution is 2.25. The van der Waals surface area contributed by atoms with Gasteiger partial charge in [0.1, 0.15) is 23.8 Å². The van der Waals surface area contributed by atoms with Gasteiger partial charge in [-0.25, -0.2) is 0 Å². The lowest BCUT2D eigenvalue weighted by molar-refractivity contribution is 0.101. The maximum Gasteiger partial charge on any atom is 0.272 e. The lowest BCUT2D eigenvalue weighted by Crippen LogP contribution is -2.15. The minimum Gasteiger partial charge on any atom is -0.508 e. The van der Waals surface area contributed by atoms with Crippen molar-refractivity contribution in [2.75, 3.05) is 5.32 Å². The number of aromatic nitrogens is 1. The van der Waals surface area contributed by atoms with Crippen molar-refractivity contribution < 1.29 is 14.6 Å². The molecule has 6 heteroatoms. The van der Waals surface area contributed by atoms with Crippen LogP contribution >= 0.6 is 11.3 Å². The molecule has 2 aromatic carbocycles. The summed E-state index contributed by atoms with van der Waals surface area (Å²) in [5.74, 6) is 0.733. The van der Waals surface area contributed by atoms with Gasteiger partial charge in [0.15, 0.2) is 0 Å². The molecular weight excluding hydrogens is 360 g/mol. The van der Waals surface area contributed by atoms with E-state index in [1.54, 1.807) is 35.6 Å². The summed E-state index contributed by atoms with van der Waals surface area (Å²) in [4.78, 5) is 12.6. The molecule has 0 aliphatic heterocycles. The lowest BCUT2D eigenvalue weighted by atomic mass is 10.2. The number of nitrogens with zero attached hydrogens (tertiary/aromatic N) is 1. The van der Waals surface area contributed by atoms with Crippen molar-refractivity contribution in [3.05, 3.63) is 77.3 Å². The Labute approximate surface area is 160 Å². The van der Waals surface area contributed by atoms with Gasteiger partial charge >= 0.3 is 0 Å². The molecule has 0 fully saturated rings. The van der Waals surface area contributed by atoms with E-state index in [-0.39, 0.29) is 11.7 Å². The van der Waals surface area contributed by atoms with Crippen molar-refractivity contribution in [2.24, 2.45) is 7.05 Å². The number of hydrogen-bond donors (Lipinski definition) is 2. The molecule has 2 heterocycles. The zero-order valence-corrected chi connectivity index (χ0v) is 15.5. The molecule has 0 aliphatic rings. The molecule has 4 aromatic rings. The molecule has 0 aliphatic carbocycles. The van der Waals surface area contributed by atoms with Crippen LogP contribution in [0.2, 0.25) is 0 Å². The van der Waals surface area contributed by atoms with E-state index < -0.39 is 0 Å². The third kappa shape index (κ3) is 3.66. The van der Waals surface area contributed by atoms with Gasteiger partial charge in [0.25, 0.3) is 5.91 Å². The van der Waals surface area contributed by atoms with Gasteiger partial charge in [0, 0.05) is 12.7 Å². The first kappa shape index (κ1) is 17.2. The van der Waals surface area contributed by atoms with Gasteiger partial charge in [-0.05, 0) is 59.5 Å². The van der Waals surface area contributed by atoms with Crippen LogP contribution in [0.4, 0.5) is 5.69 Å². The van der Waals surface area contributed by atoms with E-state index in [0.717, 1.165) is 21.5 Å². The van der Waals surface area contributed by atoms with Gasteiger partial charge < -0.3 is 19.7 Å². The molecule has 5 nitrogen and oxygen atoms in total. The Kier molecular flexibility index (Phi) is 4.56. The molecule has 1 amide bonds.